The Morgan fingerprint density at radius 1 is 1.21 bits per heavy atom. The molecule has 126 valence electrons. The molecule has 0 fully saturated rings. The van der Waals surface area contributed by atoms with E-state index < -0.39 is 22.7 Å². The van der Waals surface area contributed by atoms with Gasteiger partial charge in [0.15, 0.2) is 0 Å². The van der Waals surface area contributed by atoms with E-state index in [0.29, 0.717) is 19.4 Å². The first-order chi connectivity index (χ1) is 11.5. The highest BCUT2D eigenvalue weighted by molar-refractivity contribution is 5.97. The number of benzene rings is 1. The molecule has 7 nitrogen and oxygen atoms in total. The molecule has 0 radical (unpaired) electrons. The fraction of sp³-hybridized carbons (Fsp3) is 0.294. The Morgan fingerprint density at radius 2 is 1.83 bits per heavy atom. The largest absolute Gasteiger partial charge is 0.352 e. The van der Waals surface area contributed by atoms with Crippen LogP contribution >= 0.6 is 0 Å². The first kappa shape index (κ1) is 17.4. The van der Waals surface area contributed by atoms with Crippen LogP contribution in [0.5, 0.6) is 0 Å². The maximum absolute atomic E-state index is 12.6. The van der Waals surface area contributed by atoms with E-state index in [1.807, 2.05) is 12.2 Å². The predicted molar refractivity (Wildman–Crippen MR) is 90.3 cm³/mol. The predicted octanol–water partition coefficient (Wildman–Crippen LogP) is 2.42. The highest BCUT2D eigenvalue weighted by atomic mass is 16.6. The van der Waals surface area contributed by atoms with Gasteiger partial charge in [-0.05, 0) is 18.9 Å². The number of nitro groups is 1. The average Bonchev–Trinajstić information content (AvgIpc) is 2.59. The van der Waals surface area contributed by atoms with Gasteiger partial charge in [-0.2, -0.15) is 0 Å². The average molecular weight is 329 g/mol. The van der Waals surface area contributed by atoms with Crippen molar-refractivity contribution in [2.24, 2.45) is 11.8 Å². The van der Waals surface area contributed by atoms with Gasteiger partial charge >= 0.3 is 0 Å². The van der Waals surface area contributed by atoms with Gasteiger partial charge in [-0.15, -0.1) is 6.58 Å². The van der Waals surface area contributed by atoms with E-state index in [9.17, 15) is 19.7 Å². The van der Waals surface area contributed by atoms with Crippen molar-refractivity contribution in [2.45, 2.75) is 12.8 Å². The molecule has 1 aromatic carbocycles. The van der Waals surface area contributed by atoms with Gasteiger partial charge in [0.25, 0.3) is 5.69 Å². The molecule has 2 amide bonds. The molecule has 0 saturated heterocycles. The highest BCUT2D eigenvalue weighted by Crippen LogP contribution is 2.29. The summed E-state index contributed by atoms with van der Waals surface area (Å²) in [6, 6.07) is 5.94. The zero-order valence-corrected chi connectivity index (χ0v) is 13.1. The Hall–Kier alpha value is -2.96. The Bertz CT molecular complexity index is 684. The summed E-state index contributed by atoms with van der Waals surface area (Å²) in [6.07, 6.45) is 6.16. The summed E-state index contributed by atoms with van der Waals surface area (Å²) in [5.41, 5.74) is -0.0443. The summed E-state index contributed by atoms with van der Waals surface area (Å²) in [6.45, 7) is 3.87. The number of hydrogen-bond donors (Lipinski definition) is 2. The standard InChI is InChI=1S/C17H19N3O4/c1-2-11-18-16(21)12-7-3-4-8-13(12)17(22)19-14-9-5-6-10-15(14)20(23)24/h2-6,9-10,12-13H,1,7-8,11H2,(H,18,21)(H,19,22)/t12-,13+/m1/s1. The van der Waals surface area contributed by atoms with Gasteiger partial charge in [-0.3, -0.25) is 19.7 Å². The van der Waals surface area contributed by atoms with E-state index in [1.54, 1.807) is 12.1 Å². The van der Waals surface area contributed by atoms with Crippen molar-refractivity contribution in [3.63, 3.8) is 0 Å². The van der Waals surface area contributed by atoms with Crippen molar-refractivity contribution < 1.29 is 14.5 Å². The lowest BCUT2D eigenvalue weighted by molar-refractivity contribution is -0.383. The van der Waals surface area contributed by atoms with Crippen molar-refractivity contribution in [1.82, 2.24) is 5.32 Å². The number of hydrogen-bond acceptors (Lipinski definition) is 4. The molecule has 1 aliphatic rings. The van der Waals surface area contributed by atoms with Gasteiger partial charge < -0.3 is 10.6 Å². The van der Waals surface area contributed by atoms with Gasteiger partial charge in [-0.25, -0.2) is 0 Å². The summed E-state index contributed by atoms with van der Waals surface area (Å²) in [7, 11) is 0. The number of rotatable bonds is 6. The lowest BCUT2D eigenvalue weighted by atomic mass is 9.81. The van der Waals surface area contributed by atoms with E-state index in [4.69, 9.17) is 0 Å². The Balaban J connectivity index is 2.15. The second kappa shape index (κ2) is 8.05. The number of carbonyl (C=O) groups excluding carboxylic acids is 2. The molecule has 0 bridgehead atoms. The number of amides is 2. The van der Waals surface area contributed by atoms with Crippen molar-refractivity contribution in [2.75, 3.05) is 11.9 Å². The topological polar surface area (TPSA) is 101 Å². The van der Waals surface area contributed by atoms with Gasteiger partial charge in [0.1, 0.15) is 5.69 Å². The normalized spacial score (nSPS) is 19.3. The van der Waals surface area contributed by atoms with Crippen LogP contribution in [-0.2, 0) is 9.59 Å². The minimum atomic E-state index is -0.570. The molecule has 0 heterocycles. The number of nitrogens with zero attached hydrogens (tertiary/aromatic N) is 1. The highest BCUT2D eigenvalue weighted by Gasteiger charge is 2.34. The molecule has 2 rings (SSSR count). The summed E-state index contributed by atoms with van der Waals surface area (Å²) >= 11 is 0. The molecule has 0 unspecified atom stereocenters. The van der Waals surface area contributed by atoms with Crippen LogP contribution in [0.2, 0.25) is 0 Å². The quantitative estimate of drug-likeness (QED) is 0.475. The molecule has 1 aliphatic carbocycles. The third-order valence-corrected chi connectivity index (χ3v) is 3.89. The van der Waals surface area contributed by atoms with Crippen molar-refractivity contribution in [3.05, 3.63) is 59.2 Å². The summed E-state index contributed by atoms with van der Waals surface area (Å²) in [4.78, 5) is 35.3. The molecule has 0 aliphatic heterocycles. The van der Waals surface area contributed by atoms with Crippen LogP contribution in [0.4, 0.5) is 11.4 Å². The molecule has 0 saturated carbocycles. The van der Waals surface area contributed by atoms with Crippen LogP contribution in [0.15, 0.2) is 49.1 Å². The maximum Gasteiger partial charge on any atom is 0.292 e. The van der Waals surface area contributed by atoms with Gasteiger partial charge in [0, 0.05) is 12.6 Å². The van der Waals surface area contributed by atoms with Crippen molar-refractivity contribution in [3.8, 4) is 0 Å². The number of nitro benzene ring substituents is 1. The van der Waals surface area contributed by atoms with E-state index in [-0.39, 0.29) is 17.3 Å². The molecular formula is C17H19N3O4. The van der Waals surface area contributed by atoms with Crippen molar-refractivity contribution >= 4 is 23.2 Å². The summed E-state index contributed by atoms with van der Waals surface area (Å²) in [5.74, 6) is -1.69. The number of carbonyl (C=O) groups is 2. The lowest BCUT2D eigenvalue weighted by Gasteiger charge is -2.26. The molecule has 0 spiro atoms. The van der Waals surface area contributed by atoms with Crippen LogP contribution in [0.25, 0.3) is 0 Å². The Labute approximate surface area is 139 Å². The molecule has 7 heteroatoms. The van der Waals surface area contributed by atoms with E-state index >= 15 is 0 Å². The van der Waals surface area contributed by atoms with Crippen LogP contribution in [0.3, 0.4) is 0 Å². The number of nitrogens with one attached hydrogen (secondary N) is 2. The lowest BCUT2D eigenvalue weighted by Crippen LogP contribution is -2.40. The second-order valence-electron chi connectivity index (χ2n) is 5.45. The van der Waals surface area contributed by atoms with E-state index in [1.165, 1.54) is 18.2 Å². The fourth-order valence-electron chi connectivity index (χ4n) is 2.66. The van der Waals surface area contributed by atoms with Gasteiger partial charge in [0.2, 0.25) is 11.8 Å². The first-order valence-electron chi connectivity index (χ1n) is 7.62. The maximum atomic E-state index is 12.6. The molecule has 1 aromatic rings. The molecular weight excluding hydrogens is 310 g/mol. The van der Waals surface area contributed by atoms with Gasteiger partial charge in [0.05, 0.1) is 16.8 Å². The second-order valence-corrected chi connectivity index (χ2v) is 5.45. The van der Waals surface area contributed by atoms with Gasteiger partial charge in [-0.1, -0.05) is 30.4 Å². The van der Waals surface area contributed by atoms with Crippen LogP contribution < -0.4 is 10.6 Å². The number of para-hydroxylation sites is 2. The fourth-order valence-corrected chi connectivity index (χ4v) is 2.66. The smallest absolute Gasteiger partial charge is 0.292 e. The number of anilines is 1. The minimum absolute atomic E-state index is 0.132. The molecule has 0 aromatic heterocycles. The van der Waals surface area contributed by atoms with Crippen molar-refractivity contribution in [1.29, 1.82) is 0 Å². The van der Waals surface area contributed by atoms with Crippen LogP contribution in [-0.4, -0.2) is 23.3 Å². The summed E-state index contributed by atoms with van der Waals surface area (Å²) < 4.78 is 0. The monoisotopic (exact) mass is 329 g/mol. The van der Waals surface area contributed by atoms with E-state index in [0.717, 1.165) is 0 Å². The Morgan fingerprint density at radius 3 is 2.46 bits per heavy atom. The zero-order chi connectivity index (χ0) is 17.5. The van der Waals surface area contributed by atoms with E-state index in [2.05, 4.69) is 17.2 Å². The molecule has 2 N–H and O–H groups in total. The molecule has 2 atom stereocenters. The third kappa shape index (κ3) is 4.07. The first-order valence-corrected chi connectivity index (χ1v) is 7.62. The zero-order valence-electron chi connectivity index (χ0n) is 13.1. The van der Waals surface area contributed by atoms with Crippen LogP contribution in [0, 0.1) is 22.0 Å². The minimum Gasteiger partial charge on any atom is -0.352 e. The summed E-state index contributed by atoms with van der Waals surface area (Å²) in [5, 5.41) is 16.3. The SMILES string of the molecule is C=CCNC(=O)[C@@H]1CC=CC[C@@H]1C(=O)Nc1ccccc1[N+](=O)[O-]. The molecule has 24 heavy (non-hydrogen) atoms. The Kier molecular flexibility index (Phi) is 5.83. The number of allylic oxidation sites excluding steroid dienone is 2. The van der Waals surface area contributed by atoms with Crippen LogP contribution in [0.1, 0.15) is 12.8 Å². The third-order valence-electron chi connectivity index (χ3n) is 3.89.